The van der Waals surface area contributed by atoms with Gasteiger partial charge in [0.25, 0.3) is 5.91 Å². The SMILES string of the molecule is COc1ccccc1N/C=C(/C#N)C(N)=O. The average Bonchev–Trinajstić information content (AvgIpc) is 2.30. The highest BCUT2D eigenvalue weighted by molar-refractivity contribution is 5.96. The van der Waals surface area contributed by atoms with Crippen LogP contribution in [0.1, 0.15) is 0 Å². The van der Waals surface area contributed by atoms with E-state index in [9.17, 15) is 4.79 Å². The number of rotatable bonds is 4. The van der Waals surface area contributed by atoms with Gasteiger partial charge in [-0.2, -0.15) is 5.26 Å². The summed E-state index contributed by atoms with van der Waals surface area (Å²) in [5.41, 5.74) is 5.49. The summed E-state index contributed by atoms with van der Waals surface area (Å²) in [4.78, 5) is 10.8. The topological polar surface area (TPSA) is 88.1 Å². The van der Waals surface area contributed by atoms with Gasteiger partial charge in [0.1, 0.15) is 17.4 Å². The van der Waals surface area contributed by atoms with Crippen LogP contribution in [0.3, 0.4) is 0 Å². The Hall–Kier alpha value is -2.48. The fourth-order valence-corrected chi connectivity index (χ4v) is 1.07. The number of nitrogens with one attached hydrogen (secondary N) is 1. The Morgan fingerprint density at radius 3 is 2.81 bits per heavy atom. The number of nitrogens with two attached hydrogens (primary N) is 1. The number of primary amides is 1. The molecule has 5 heteroatoms. The van der Waals surface area contributed by atoms with E-state index in [2.05, 4.69) is 5.32 Å². The predicted molar refractivity (Wildman–Crippen MR) is 59.5 cm³/mol. The molecule has 1 amide bonds. The van der Waals surface area contributed by atoms with Crippen LogP contribution >= 0.6 is 0 Å². The van der Waals surface area contributed by atoms with Crippen LogP contribution in [-0.2, 0) is 4.79 Å². The van der Waals surface area contributed by atoms with Gasteiger partial charge in [-0.15, -0.1) is 0 Å². The molecule has 3 N–H and O–H groups in total. The van der Waals surface area contributed by atoms with Crippen molar-refractivity contribution in [3.05, 3.63) is 36.0 Å². The summed E-state index contributed by atoms with van der Waals surface area (Å²) < 4.78 is 5.08. The fourth-order valence-electron chi connectivity index (χ4n) is 1.07. The van der Waals surface area contributed by atoms with E-state index >= 15 is 0 Å². The number of benzene rings is 1. The maximum Gasteiger partial charge on any atom is 0.260 e. The molecule has 1 aromatic rings. The molecule has 0 aliphatic rings. The predicted octanol–water partition coefficient (Wildman–Crippen LogP) is 1.000. The number of hydrogen-bond donors (Lipinski definition) is 2. The standard InChI is InChI=1S/C11H11N3O2/c1-16-10-5-3-2-4-9(10)14-7-8(6-12)11(13)15/h2-5,7,14H,1H3,(H2,13,15)/b8-7-. The number of methoxy groups -OCH3 is 1. The van der Waals surface area contributed by atoms with E-state index < -0.39 is 5.91 Å². The quantitative estimate of drug-likeness (QED) is 0.581. The molecule has 0 atom stereocenters. The maximum atomic E-state index is 10.8. The monoisotopic (exact) mass is 217 g/mol. The van der Waals surface area contributed by atoms with Crippen molar-refractivity contribution >= 4 is 11.6 Å². The second-order valence-corrected chi connectivity index (χ2v) is 2.88. The lowest BCUT2D eigenvalue weighted by Gasteiger charge is -2.07. The van der Waals surface area contributed by atoms with Gasteiger partial charge >= 0.3 is 0 Å². The first-order valence-electron chi connectivity index (χ1n) is 4.48. The van der Waals surface area contributed by atoms with E-state index in [1.807, 2.05) is 6.07 Å². The van der Waals surface area contributed by atoms with Crippen LogP contribution in [0.2, 0.25) is 0 Å². The smallest absolute Gasteiger partial charge is 0.260 e. The molecule has 0 radical (unpaired) electrons. The molecule has 1 rings (SSSR count). The van der Waals surface area contributed by atoms with Crippen molar-refractivity contribution in [2.75, 3.05) is 12.4 Å². The lowest BCUT2D eigenvalue weighted by atomic mass is 10.2. The van der Waals surface area contributed by atoms with E-state index in [-0.39, 0.29) is 5.57 Å². The molecule has 0 aromatic heterocycles. The fraction of sp³-hybridized carbons (Fsp3) is 0.0909. The van der Waals surface area contributed by atoms with Crippen molar-refractivity contribution in [1.29, 1.82) is 5.26 Å². The molecule has 0 spiro atoms. The molecule has 0 aliphatic carbocycles. The van der Waals surface area contributed by atoms with Crippen molar-refractivity contribution in [2.45, 2.75) is 0 Å². The zero-order chi connectivity index (χ0) is 12.0. The Labute approximate surface area is 93.1 Å². The molecule has 16 heavy (non-hydrogen) atoms. The number of ether oxygens (including phenoxy) is 1. The van der Waals surface area contributed by atoms with E-state index in [4.69, 9.17) is 15.7 Å². The highest BCUT2D eigenvalue weighted by atomic mass is 16.5. The van der Waals surface area contributed by atoms with Gasteiger partial charge in [0.2, 0.25) is 0 Å². The Morgan fingerprint density at radius 2 is 2.25 bits per heavy atom. The van der Waals surface area contributed by atoms with Crippen LogP contribution in [0.4, 0.5) is 5.69 Å². The number of hydrogen-bond acceptors (Lipinski definition) is 4. The first kappa shape index (κ1) is 11.6. The summed E-state index contributed by atoms with van der Waals surface area (Å²) in [5, 5.41) is 11.4. The summed E-state index contributed by atoms with van der Waals surface area (Å²) in [6.45, 7) is 0. The van der Waals surface area contributed by atoms with Crippen LogP contribution in [-0.4, -0.2) is 13.0 Å². The van der Waals surface area contributed by atoms with Gasteiger partial charge in [0.15, 0.2) is 0 Å². The molecular weight excluding hydrogens is 206 g/mol. The lowest BCUT2D eigenvalue weighted by molar-refractivity contribution is -0.114. The molecule has 0 aliphatic heterocycles. The maximum absolute atomic E-state index is 10.8. The van der Waals surface area contributed by atoms with E-state index in [1.54, 1.807) is 24.3 Å². The zero-order valence-corrected chi connectivity index (χ0v) is 8.73. The number of para-hydroxylation sites is 2. The average molecular weight is 217 g/mol. The Bertz CT molecular complexity index is 461. The van der Waals surface area contributed by atoms with Gasteiger partial charge in [-0.1, -0.05) is 12.1 Å². The number of anilines is 1. The van der Waals surface area contributed by atoms with E-state index in [0.29, 0.717) is 11.4 Å². The summed E-state index contributed by atoms with van der Waals surface area (Å²) >= 11 is 0. The van der Waals surface area contributed by atoms with Crippen LogP contribution in [0.25, 0.3) is 0 Å². The van der Waals surface area contributed by atoms with Gasteiger partial charge < -0.3 is 15.8 Å². The van der Waals surface area contributed by atoms with E-state index in [1.165, 1.54) is 13.3 Å². The van der Waals surface area contributed by atoms with Gasteiger partial charge in [0, 0.05) is 6.20 Å². The minimum Gasteiger partial charge on any atom is -0.495 e. The first-order chi connectivity index (χ1) is 7.69. The lowest BCUT2D eigenvalue weighted by Crippen LogP contribution is -2.13. The number of amides is 1. The molecule has 82 valence electrons. The molecule has 5 nitrogen and oxygen atoms in total. The highest BCUT2D eigenvalue weighted by Crippen LogP contribution is 2.22. The molecule has 1 aromatic carbocycles. The van der Waals surface area contributed by atoms with Gasteiger partial charge in [-0.3, -0.25) is 4.79 Å². The summed E-state index contributed by atoms with van der Waals surface area (Å²) in [6.07, 6.45) is 1.25. The van der Waals surface area contributed by atoms with Crippen molar-refractivity contribution in [3.63, 3.8) is 0 Å². The molecule has 0 unspecified atom stereocenters. The van der Waals surface area contributed by atoms with Crippen molar-refractivity contribution < 1.29 is 9.53 Å². The number of nitrogens with zero attached hydrogens (tertiary/aromatic N) is 1. The van der Waals surface area contributed by atoms with Crippen LogP contribution < -0.4 is 15.8 Å². The third-order valence-corrected chi connectivity index (χ3v) is 1.86. The molecule has 0 heterocycles. The van der Waals surface area contributed by atoms with E-state index in [0.717, 1.165) is 0 Å². The second kappa shape index (κ2) is 5.41. The normalized spacial score (nSPS) is 10.4. The molecule has 0 saturated carbocycles. The van der Waals surface area contributed by atoms with Gasteiger partial charge in [-0.05, 0) is 12.1 Å². The molecule has 0 bridgehead atoms. The highest BCUT2D eigenvalue weighted by Gasteiger charge is 2.04. The van der Waals surface area contributed by atoms with Crippen molar-refractivity contribution in [3.8, 4) is 11.8 Å². The third-order valence-electron chi connectivity index (χ3n) is 1.86. The summed E-state index contributed by atoms with van der Waals surface area (Å²) in [7, 11) is 1.53. The Kier molecular flexibility index (Phi) is 3.92. The first-order valence-corrected chi connectivity index (χ1v) is 4.48. The van der Waals surface area contributed by atoms with Gasteiger partial charge in [0.05, 0.1) is 12.8 Å². The minimum absolute atomic E-state index is 0.147. The third kappa shape index (κ3) is 2.75. The minimum atomic E-state index is -0.773. The van der Waals surface area contributed by atoms with Gasteiger partial charge in [-0.25, -0.2) is 0 Å². The largest absolute Gasteiger partial charge is 0.495 e. The number of carbonyl (C=O) groups is 1. The number of nitriles is 1. The second-order valence-electron chi connectivity index (χ2n) is 2.88. The Morgan fingerprint density at radius 1 is 1.56 bits per heavy atom. The molecular formula is C11H11N3O2. The zero-order valence-electron chi connectivity index (χ0n) is 8.73. The van der Waals surface area contributed by atoms with Crippen LogP contribution in [0.15, 0.2) is 36.0 Å². The molecule has 0 saturated heterocycles. The van der Waals surface area contributed by atoms with Crippen LogP contribution in [0, 0.1) is 11.3 Å². The van der Waals surface area contributed by atoms with Crippen molar-refractivity contribution in [1.82, 2.24) is 0 Å². The number of carbonyl (C=O) groups excluding carboxylic acids is 1. The summed E-state index contributed by atoms with van der Waals surface area (Å²) in [5.74, 6) is -0.162. The van der Waals surface area contributed by atoms with Crippen LogP contribution in [0.5, 0.6) is 5.75 Å². The summed E-state index contributed by atoms with van der Waals surface area (Å²) in [6, 6.07) is 8.82. The molecule has 0 fully saturated rings. The Balaban J connectivity index is 2.89. The van der Waals surface area contributed by atoms with Crippen molar-refractivity contribution in [2.24, 2.45) is 5.73 Å².